The van der Waals surface area contributed by atoms with E-state index in [1.165, 1.54) is 48.3 Å². The molecule has 4 nitrogen and oxygen atoms in total. The fourth-order valence-corrected chi connectivity index (χ4v) is 5.13. The molecule has 1 aliphatic carbocycles. The number of imidazole rings is 2. The lowest BCUT2D eigenvalue weighted by Crippen LogP contribution is -2.41. The van der Waals surface area contributed by atoms with Gasteiger partial charge in [0.05, 0.1) is 23.0 Å². The average molecular weight is 320 g/mol. The molecule has 0 amide bonds. The molecule has 1 spiro atoms. The Morgan fingerprint density at radius 3 is 2.62 bits per heavy atom. The molecular formula is C20H24N4. The number of benzene rings is 1. The van der Waals surface area contributed by atoms with Crippen molar-refractivity contribution >= 4 is 11.5 Å². The third-order valence-corrected chi connectivity index (χ3v) is 6.16. The summed E-state index contributed by atoms with van der Waals surface area (Å²) in [5.41, 5.74) is 5.53. The van der Waals surface area contributed by atoms with Crippen LogP contribution in [0.25, 0.3) is 5.78 Å². The van der Waals surface area contributed by atoms with Crippen LogP contribution in [0.4, 0.5) is 5.69 Å². The number of aryl methyl sites for hydroxylation is 2. The molecule has 5 rings (SSSR count). The molecule has 3 aromatic rings. The van der Waals surface area contributed by atoms with Crippen LogP contribution in [-0.4, -0.2) is 14.0 Å². The summed E-state index contributed by atoms with van der Waals surface area (Å²) in [6, 6.07) is 9.13. The van der Waals surface area contributed by atoms with E-state index in [4.69, 9.17) is 4.98 Å². The summed E-state index contributed by atoms with van der Waals surface area (Å²) < 4.78 is 4.47. The molecule has 4 heteroatoms. The number of aromatic nitrogens is 3. The molecular weight excluding hydrogens is 296 g/mol. The van der Waals surface area contributed by atoms with Gasteiger partial charge in [0.15, 0.2) is 0 Å². The number of anilines is 1. The van der Waals surface area contributed by atoms with Gasteiger partial charge in [0.1, 0.15) is 0 Å². The molecule has 1 unspecified atom stereocenters. The maximum absolute atomic E-state index is 5.04. The molecule has 0 bridgehead atoms. The first-order valence-corrected chi connectivity index (χ1v) is 9.02. The zero-order chi connectivity index (χ0) is 16.5. The lowest BCUT2D eigenvalue weighted by atomic mass is 9.92. The first-order chi connectivity index (χ1) is 11.6. The molecule has 1 atom stereocenters. The van der Waals surface area contributed by atoms with Gasteiger partial charge in [0, 0.05) is 25.1 Å². The number of para-hydroxylation sites is 1. The van der Waals surface area contributed by atoms with Gasteiger partial charge in [-0.3, -0.25) is 4.40 Å². The summed E-state index contributed by atoms with van der Waals surface area (Å²) in [4.78, 5) is 7.72. The summed E-state index contributed by atoms with van der Waals surface area (Å²) in [7, 11) is 2.09. The first kappa shape index (κ1) is 14.1. The minimum Gasteiger partial charge on any atom is -0.352 e. The topological polar surface area (TPSA) is 25.5 Å². The first-order valence-electron chi connectivity index (χ1n) is 9.02. The smallest absolute Gasteiger partial charge is 0.214 e. The highest BCUT2D eigenvalue weighted by Gasteiger charge is 2.53. The monoisotopic (exact) mass is 320 g/mol. The molecule has 2 aromatic heterocycles. The Morgan fingerprint density at radius 1 is 1.12 bits per heavy atom. The normalized spacial score (nSPS) is 22.0. The van der Waals surface area contributed by atoms with Crippen molar-refractivity contribution in [3.63, 3.8) is 0 Å². The van der Waals surface area contributed by atoms with Crippen LogP contribution in [0.1, 0.15) is 55.6 Å². The van der Waals surface area contributed by atoms with Crippen molar-refractivity contribution in [2.45, 2.75) is 51.1 Å². The number of nitrogens with zero attached hydrogens (tertiary/aromatic N) is 4. The zero-order valence-electron chi connectivity index (χ0n) is 14.7. The Labute approximate surface area is 142 Å². The average Bonchev–Trinajstić information content (AvgIpc) is 3.29. The molecule has 1 fully saturated rings. The summed E-state index contributed by atoms with van der Waals surface area (Å²) in [6.45, 7) is 4.55. The van der Waals surface area contributed by atoms with Crippen LogP contribution in [0.3, 0.4) is 0 Å². The summed E-state index contributed by atoms with van der Waals surface area (Å²) in [5, 5.41) is 0. The maximum atomic E-state index is 5.04. The molecule has 124 valence electrons. The predicted octanol–water partition coefficient (Wildman–Crippen LogP) is 4.33. The van der Waals surface area contributed by atoms with Gasteiger partial charge in [0.25, 0.3) is 0 Å². The summed E-state index contributed by atoms with van der Waals surface area (Å²) >= 11 is 0. The number of fused-ring (bicyclic) bond motifs is 4. The van der Waals surface area contributed by atoms with E-state index in [1.807, 2.05) is 0 Å². The van der Waals surface area contributed by atoms with Gasteiger partial charge in [-0.2, -0.15) is 0 Å². The highest BCUT2D eigenvalue weighted by molar-refractivity contribution is 5.63. The number of hydrogen-bond donors (Lipinski definition) is 0. The summed E-state index contributed by atoms with van der Waals surface area (Å²) in [6.07, 6.45) is 9.35. The van der Waals surface area contributed by atoms with E-state index in [2.05, 4.69) is 71.4 Å². The van der Waals surface area contributed by atoms with E-state index in [0.717, 1.165) is 5.78 Å². The van der Waals surface area contributed by atoms with Crippen molar-refractivity contribution in [3.05, 3.63) is 53.6 Å². The molecule has 0 saturated heterocycles. The van der Waals surface area contributed by atoms with Gasteiger partial charge < -0.3 is 9.47 Å². The van der Waals surface area contributed by atoms with Crippen molar-refractivity contribution in [2.75, 3.05) is 4.90 Å². The molecule has 0 radical (unpaired) electrons. The minimum atomic E-state index is 0.0988. The van der Waals surface area contributed by atoms with E-state index in [-0.39, 0.29) is 5.54 Å². The maximum Gasteiger partial charge on any atom is 0.214 e. The van der Waals surface area contributed by atoms with Crippen molar-refractivity contribution in [2.24, 2.45) is 7.05 Å². The second-order valence-corrected chi connectivity index (χ2v) is 7.50. The van der Waals surface area contributed by atoms with Crippen molar-refractivity contribution in [3.8, 4) is 0 Å². The third-order valence-electron chi connectivity index (χ3n) is 6.16. The fourth-order valence-electron chi connectivity index (χ4n) is 5.13. The zero-order valence-corrected chi connectivity index (χ0v) is 14.7. The van der Waals surface area contributed by atoms with Gasteiger partial charge in [-0.25, -0.2) is 4.98 Å². The van der Waals surface area contributed by atoms with Crippen LogP contribution in [0, 0.1) is 6.92 Å². The van der Waals surface area contributed by atoms with Crippen molar-refractivity contribution in [1.82, 2.24) is 14.0 Å². The second-order valence-electron chi connectivity index (χ2n) is 7.50. The van der Waals surface area contributed by atoms with E-state index < -0.39 is 0 Å². The Morgan fingerprint density at radius 2 is 1.88 bits per heavy atom. The van der Waals surface area contributed by atoms with Gasteiger partial charge in [-0.15, -0.1) is 0 Å². The van der Waals surface area contributed by atoms with Gasteiger partial charge in [0.2, 0.25) is 5.78 Å². The highest BCUT2D eigenvalue weighted by Crippen LogP contribution is 2.56. The lowest BCUT2D eigenvalue weighted by molar-refractivity contribution is 0.403. The van der Waals surface area contributed by atoms with E-state index >= 15 is 0 Å². The largest absolute Gasteiger partial charge is 0.352 e. The van der Waals surface area contributed by atoms with Gasteiger partial charge in [-0.05, 0) is 38.3 Å². The Balaban J connectivity index is 1.79. The standard InChI is InChI=1S/C20H24N4/c1-14-8-4-5-9-16(14)24-15(2)17-18(20(24)10-6-7-11-20)23-13-12-22(3)19(23)21-17/h4-5,8-9,12-13,15H,6-7,10-11H2,1-3H3. The molecule has 3 heterocycles. The molecule has 2 aliphatic rings. The van der Waals surface area contributed by atoms with Crippen molar-refractivity contribution < 1.29 is 0 Å². The quantitative estimate of drug-likeness (QED) is 0.667. The number of rotatable bonds is 1. The van der Waals surface area contributed by atoms with E-state index in [0.29, 0.717) is 6.04 Å². The molecule has 0 N–H and O–H groups in total. The van der Waals surface area contributed by atoms with Crippen LogP contribution in [-0.2, 0) is 12.6 Å². The van der Waals surface area contributed by atoms with Crippen LogP contribution < -0.4 is 4.90 Å². The van der Waals surface area contributed by atoms with Crippen LogP contribution >= 0.6 is 0 Å². The summed E-state index contributed by atoms with van der Waals surface area (Å²) in [5.74, 6) is 1.07. The minimum absolute atomic E-state index is 0.0988. The van der Waals surface area contributed by atoms with Crippen LogP contribution in [0.15, 0.2) is 36.7 Å². The number of hydrogen-bond acceptors (Lipinski definition) is 2. The van der Waals surface area contributed by atoms with Crippen LogP contribution in [0.2, 0.25) is 0 Å². The molecule has 1 aromatic carbocycles. The van der Waals surface area contributed by atoms with E-state index in [9.17, 15) is 0 Å². The fraction of sp³-hybridized carbons (Fsp3) is 0.450. The van der Waals surface area contributed by atoms with Crippen LogP contribution in [0.5, 0.6) is 0 Å². The predicted molar refractivity (Wildman–Crippen MR) is 96.4 cm³/mol. The lowest BCUT2D eigenvalue weighted by Gasteiger charge is -2.40. The van der Waals surface area contributed by atoms with E-state index in [1.54, 1.807) is 0 Å². The van der Waals surface area contributed by atoms with Gasteiger partial charge in [-0.1, -0.05) is 31.0 Å². The Hall–Kier alpha value is -2.23. The third kappa shape index (κ3) is 1.56. The van der Waals surface area contributed by atoms with Gasteiger partial charge >= 0.3 is 0 Å². The molecule has 1 saturated carbocycles. The Kier molecular flexibility index (Phi) is 2.74. The SMILES string of the molecule is Cc1ccccc1N1C(C)c2nc3n(C)ccn3c2C12CCCC2. The Bertz CT molecular complexity index is 926. The molecule has 24 heavy (non-hydrogen) atoms. The second kappa shape index (κ2) is 4.65. The highest BCUT2D eigenvalue weighted by atomic mass is 15.3. The molecule has 1 aliphatic heterocycles. The van der Waals surface area contributed by atoms with Crippen molar-refractivity contribution in [1.29, 1.82) is 0 Å².